The van der Waals surface area contributed by atoms with Gasteiger partial charge in [0.2, 0.25) is 0 Å². The van der Waals surface area contributed by atoms with Gasteiger partial charge in [-0.3, -0.25) is 0 Å². The normalized spacial score (nSPS) is 36.2. The summed E-state index contributed by atoms with van der Waals surface area (Å²) < 4.78 is 29.7. The second kappa shape index (κ2) is 5.34. The molecule has 1 N–H and O–H groups in total. The number of nitrogens with one attached hydrogen (secondary N) is 1. The van der Waals surface area contributed by atoms with Gasteiger partial charge in [-0.15, -0.1) is 0 Å². The zero-order valence-corrected chi connectivity index (χ0v) is 12.4. The smallest absolute Gasteiger partial charge is 0.154 e. The van der Waals surface area contributed by atoms with Crippen LogP contribution in [-0.2, 0) is 14.6 Å². The minimum absolute atomic E-state index is 0.158. The van der Waals surface area contributed by atoms with Crippen LogP contribution in [-0.4, -0.2) is 44.2 Å². The van der Waals surface area contributed by atoms with Crippen LogP contribution in [0, 0.1) is 0 Å². The third-order valence-electron chi connectivity index (χ3n) is 5.06. The first-order valence-corrected chi connectivity index (χ1v) is 9.41. The lowest BCUT2D eigenvalue weighted by Gasteiger charge is -2.24. The molecular formula is C14H25NO3S. The minimum atomic E-state index is -2.81. The molecule has 1 saturated carbocycles. The highest BCUT2D eigenvalue weighted by molar-refractivity contribution is 7.92. The van der Waals surface area contributed by atoms with Crippen LogP contribution >= 0.6 is 0 Å². The Morgan fingerprint density at radius 2 is 1.84 bits per heavy atom. The van der Waals surface area contributed by atoms with Crippen LogP contribution in [0.2, 0.25) is 0 Å². The van der Waals surface area contributed by atoms with Gasteiger partial charge in [0.1, 0.15) is 0 Å². The van der Waals surface area contributed by atoms with Crippen LogP contribution in [0.25, 0.3) is 0 Å². The van der Waals surface area contributed by atoms with Crippen molar-refractivity contribution in [3.63, 3.8) is 0 Å². The lowest BCUT2D eigenvalue weighted by Crippen LogP contribution is -2.36. The molecule has 110 valence electrons. The van der Waals surface area contributed by atoms with E-state index in [1.807, 2.05) is 0 Å². The summed E-state index contributed by atoms with van der Waals surface area (Å²) in [7, 11) is -2.81. The third-order valence-corrected chi connectivity index (χ3v) is 7.34. The SMILES string of the molecule is O=S1(=O)CCCC1CNCC1CCC2(CCCC2)O1. The van der Waals surface area contributed by atoms with Gasteiger partial charge in [0.05, 0.1) is 22.7 Å². The number of hydrogen-bond acceptors (Lipinski definition) is 4. The Morgan fingerprint density at radius 1 is 1.05 bits per heavy atom. The van der Waals surface area contributed by atoms with Crippen molar-refractivity contribution in [2.24, 2.45) is 0 Å². The molecule has 3 aliphatic rings. The average Bonchev–Trinajstić information content (AvgIpc) is 3.05. The highest BCUT2D eigenvalue weighted by atomic mass is 32.2. The summed E-state index contributed by atoms with van der Waals surface area (Å²) >= 11 is 0. The Morgan fingerprint density at radius 3 is 2.53 bits per heavy atom. The lowest BCUT2D eigenvalue weighted by molar-refractivity contribution is -0.0350. The fourth-order valence-electron chi connectivity index (χ4n) is 3.92. The Balaban J connectivity index is 1.42. The molecule has 0 aromatic carbocycles. The van der Waals surface area contributed by atoms with E-state index in [2.05, 4.69) is 5.32 Å². The molecule has 5 heteroatoms. The molecule has 2 heterocycles. The van der Waals surface area contributed by atoms with Gasteiger partial charge in [-0.05, 0) is 38.5 Å². The Labute approximate surface area is 116 Å². The van der Waals surface area contributed by atoms with Gasteiger partial charge in [-0.25, -0.2) is 8.42 Å². The molecule has 3 rings (SSSR count). The summed E-state index contributed by atoms with van der Waals surface area (Å²) in [6.07, 6.45) is 9.33. The van der Waals surface area contributed by atoms with Crippen molar-refractivity contribution in [3.05, 3.63) is 0 Å². The van der Waals surface area contributed by atoms with E-state index in [0.29, 0.717) is 18.4 Å². The van der Waals surface area contributed by atoms with E-state index < -0.39 is 9.84 Å². The highest BCUT2D eigenvalue weighted by Gasteiger charge is 2.42. The molecule has 0 aromatic heterocycles. The molecule has 2 unspecified atom stereocenters. The molecule has 0 aromatic rings. The average molecular weight is 287 g/mol. The van der Waals surface area contributed by atoms with Crippen LogP contribution in [0.1, 0.15) is 51.4 Å². The Kier molecular flexibility index (Phi) is 3.89. The van der Waals surface area contributed by atoms with Crippen LogP contribution in [0.3, 0.4) is 0 Å². The van der Waals surface area contributed by atoms with E-state index in [1.165, 1.54) is 32.1 Å². The minimum Gasteiger partial charge on any atom is -0.370 e. The van der Waals surface area contributed by atoms with Crippen molar-refractivity contribution in [1.82, 2.24) is 5.32 Å². The van der Waals surface area contributed by atoms with Crippen LogP contribution in [0.4, 0.5) is 0 Å². The first-order chi connectivity index (χ1) is 9.10. The van der Waals surface area contributed by atoms with Crippen molar-refractivity contribution >= 4 is 9.84 Å². The maximum atomic E-state index is 11.7. The molecule has 3 fully saturated rings. The molecule has 0 amide bonds. The zero-order chi connectivity index (χ0) is 13.3. The van der Waals surface area contributed by atoms with Gasteiger partial charge in [0.15, 0.2) is 9.84 Å². The highest BCUT2D eigenvalue weighted by Crippen LogP contribution is 2.43. The van der Waals surface area contributed by atoms with Gasteiger partial charge < -0.3 is 10.1 Å². The van der Waals surface area contributed by atoms with Crippen LogP contribution in [0.15, 0.2) is 0 Å². The quantitative estimate of drug-likeness (QED) is 0.854. The van der Waals surface area contributed by atoms with Crippen LogP contribution in [0.5, 0.6) is 0 Å². The van der Waals surface area contributed by atoms with Gasteiger partial charge in [-0.1, -0.05) is 12.8 Å². The van der Waals surface area contributed by atoms with E-state index in [-0.39, 0.29) is 10.9 Å². The third kappa shape index (κ3) is 2.98. The predicted octanol–water partition coefficient (Wildman–Crippen LogP) is 1.64. The summed E-state index contributed by atoms with van der Waals surface area (Å²) in [6.45, 7) is 1.42. The van der Waals surface area contributed by atoms with E-state index in [4.69, 9.17) is 4.74 Å². The molecule has 2 saturated heterocycles. The number of sulfone groups is 1. The number of rotatable bonds is 4. The van der Waals surface area contributed by atoms with Gasteiger partial charge in [0.25, 0.3) is 0 Å². The fraction of sp³-hybridized carbons (Fsp3) is 1.00. The molecule has 2 atom stereocenters. The number of hydrogen-bond donors (Lipinski definition) is 1. The van der Waals surface area contributed by atoms with Gasteiger partial charge in [0, 0.05) is 13.1 Å². The second-order valence-electron chi connectivity index (χ2n) is 6.46. The monoisotopic (exact) mass is 287 g/mol. The van der Waals surface area contributed by atoms with E-state index in [9.17, 15) is 8.42 Å². The maximum absolute atomic E-state index is 11.7. The Hall–Kier alpha value is -0.130. The molecule has 1 spiro atoms. The van der Waals surface area contributed by atoms with Crippen LogP contribution < -0.4 is 5.32 Å². The molecule has 1 aliphatic carbocycles. The maximum Gasteiger partial charge on any atom is 0.154 e. The summed E-state index contributed by atoms with van der Waals surface area (Å²) in [5.74, 6) is 0.377. The summed E-state index contributed by atoms with van der Waals surface area (Å²) in [5, 5.41) is 3.17. The van der Waals surface area contributed by atoms with E-state index in [1.54, 1.807) is 0 Å². The zero-order valence-electron chi connectivity index (χ0n) is 11.6. The predicted molar refractivity (Wildman–Crippen MR) is 75.0 cm³/mol. The molecule has 4 nitrogen and oxygen atoms in total. The topological polar surface area (TPSA) is 55.4 Å². The van der Waals surface area contributed by atoms with Crippen molar-refractivity contribution in [3.8, 4) is 0 Å². The largest absolute Gasteiger partial charge is 0.370 e. The standard InChI is InChI=1S/C14H25NO3S/c16-19(17)9-3-4-13(19)11-15-10-12-5-8-14(18-12)6-1-2-7-14/h12-13,15H,1-11H2. The van der Waals surface area contributed by atoms with Crippen molar-refractivity contribution in [2.45, 2.75) is 68.3 Å². The fourth-order valence-corrected chi connectivity index (χ4v) is 5.72. The van der Waals surface area contributed by atoms with Gasteiger partial charge in [-0.2, -0.15) is 0 Å². The molecule has 2 aliphatic heterocycles. The molecule has 19 heavy (non-hydrogen) atoms. The van der Waals surface area contributed by atoms with Gasteiger partial charge >= 0.3 is 0 Å². The Bertz CT molecular complexity index is 414. The van der Waals surface area contributed by atoms with Crippen molar-refractivity contribution in [2.75, 3.05) is 18.8 Å². The second-order valence-corrected chi connectivity index (χ2v) is 8.86. The summed E-state index contributed by atoms with van der Waals surface area (Å²) in [4.78, 5) is 0. The first kappa shape index (κ1) is 13.8. The first-order valence-electron chi connectivity index (χ1n) is 7.70. The van der Waals surface area contributed by atoms with E-state index >= 15 is 0 Å². The molecule has 0 radical (unpaired) electrons. The van der Waals surface area contributed by atoms with Crippen molar-refractivity contribution < 1.29 is 13.2 Å². The molecule has 0 bridgehead atoms. The summed E-state index contributed by atoms with van der Waals surface area (Å²) in [5.41, 5.74) is 0.186. The summed E-state index contributed by atoms with van der Waals surface area (Å²) in [6, 6.07) is 0. The van der Waals surface area contributed by atoms with E-state index in [0.717, 1.165) is 25.8 Å². The molecular weight excluding hydrogens is 262 g/mol. The lowest BCUT2D eigenvalue weighted by atomic mass is 9.98. The number of ether oxygens (including phenoxy) is 1. The van der Waals surface area contributed by atoms with Crippen molar-refractivity contribution in [1.29, 1.82) is 0 Å².